The van der Waals surface area contributed by atoms with Gasteiger partial charge in [-0.05, 0) is 68.4 Å². The third kappa shape index (κ3) is 7.45. The van der Waals surface area contributed by atoms with Crippen LogP contribution in [0.5, 0.6) is 5.75 Å². The first kappa shape index (κ1) is 28.6. The number of aromatic nitrogens is 2. The van der Waals surface area contributed by atoms with Crippen LogP contribution in [0.4, 0.5) is 0 Å². The highest BCUT2D eigenvalue weighted by Crippen LogP contribution is 2.38. The molecule has 1 atom stereocenters. The van der Waals surface area contributed by atoms with E-state index in [1.54, 1.807) is 24.3 Å². The summed E-state index contributed by atoms with van der Waals surface area (Å²) in [6, 6.07) is 21.8. The highest BCUT2D eigenvalue weighted by molar-refractivity contribution is 7.98. The van der Waals surface area contributed by atoms with Crippen molar-refractivity contribution in [3.05, 3.63) is 113 Å². The summed E-state index contributed by atoms with van der Waals surface area (Å²) in [5.41, 5.74) is 4.65. The van der Waals surface area contributed by atoms with Gasteiger partial charge in [0.25, 0.3) is 5.91 Å². The summed E-state index contributed by atoms with van der Waals surface area (Å²) in [6.45, 7) is 1.99. The Morgan fingerprint density at radius 3 is 2.73 bits per heavy atom. The fraction of sp³-hybridized carbons (Fsp3) is 0.303. The number of ether oxygens (including phenoxy) is 1. The number of imidazole rings is 1. The molecule has 1 aliphatic rings. The lowest BCUT2D eigenvalue weighted by Crippen LogP contribution is -2.31. The number of rotatable bonds is 12. The third-order valence-corrected chi connectivity index (χ3v) is 8.24. The van der Waals surface area contributed by atoms with E-state index in [9.17, 15) is 9.59 Å². The molecule has 1 aliphatic carbocycles. The van der Waals surface area contributed by atoms with Crippen molar-refractivity contribution in [3.63, 3.8) is 0 Å². The van der Waals surface area contributed by atoms with Crippen molar-refractivity contribution in [1.82, 2.24) is 19.8 Å². The molecule has 0 aliphatic heterocycles. The predicted molar refractivity (Wildman–Crippen MR) is 163 cm³/mol. The summed E-state index contributed by atoms with van der Waals surface area (Å²) < 4.78 is 8.80. The second-order valence-corrected chi connectivity index (χ2v) is 11.5. The second kappa shape index (κ2) is 13.7. The van der Waals surface area contributed by atoms with Gasteiger partial charge in [0.1, 0.15) is 11.9 Å². The van der Waals surface area contributed by atoms with Gasteiger partial charge in [-0.1, -0.05) is 36.4 Å². The Bertz CT molecular complexity index is 1470. The summed E-state index contributed by atoms with van der Waals surface area (Å²) >= 11 is 1.66. The zero-order valence-electron chi connectivity index (χ0n) is 23.6. The van der Waals surface area contributed by atoms with Gasteiger partial charge in [0.2, 0.25) is 0 Å². The van der Waals surface area contributed by atoms with Crippen LogP contribution in [0.3, 0.4) is 0 Å². The Hall–Kier alpha value is -3.88. The number of thioether (sulfide) groups is 1. The van der Waals surface area contributed by atoms with Crippen molar-refractivity contribution in [2.75, 3.05) is 27.2 Å². The summed E-state index contributed by atoms with van der Waals surface area (Å²) in [7, 11) is 3.97. The number of ketones is 1. The summed E-state index contributed by atoms with van der Waals surface area (Å²) in [4.78, 5) is 32.8. The van der Waals surface area contributed by atoms with Crippen molar-refractivity contribution in [3.8, 4) is 5.75 Å². The molecule has 3 aromatic carbocycles. The van der Waals surface area contributed by atoms with Crippen LogP contribution in [-0.2, 0) is 18.7 Å². The second-order valence-electron chi connectivity index (χ2n) is 10.5. The van der Waals surface area contributed by atoms with Gasteiger partial charge in [0, 0.05) is 59.2 Å². The largest absolute Gasteiger partial charge is 0.484 e. The van der Waals surface area contributed by atoms with Crippen molar-refractivity contribution in [2.24, 2.45) is 0 Å². The highest BCUT2D eigenvalue weighted by atomic mass is 32.2. The number of Topliss-reactive ketones (excluding diaryl/α,β-unsaturated/α-hetero) is 1. The van der Waals surface area contributed by atoms with Gasteiger partial charge < -0.3 is 19.5 Å². The van der Waals surface area contributed by atoms with E-state index in [1.165, 1.54) is 0 Å². The molecule has 0 unspecified atom stereocenters. The van der Waals surface area contributed by atoms with Gasteiger partial charge in [-0.25, -0.2) is 4.98 Å². The maximum Gasteiger partial charge on any atom is 0.251 e. The van der Waals surface area contributed by atoms with Gasteiger partial charge in [-0.3, -0.25) is 9.59 Å². The Balaban J connectivity index is 1.41. The molecule has 1 heterocycles. The third-order valence-electron chi connectivity index (χ3n) is 7.22. The first-order valence-corrected chi connectivity index (χ1v) is 15.0. The maximum atomic E-state index is 12.8. The van der Waals surface area contributed by atoms with Crippen LogP contribution in [0, 0.1) is 0 Å². The average molecular weight is 569 g/mol. The van der Waals surface area contributed by atoms with Crippen molar-refractivity contribution in [1.29, 1.82) is 0 Å². The zero-order valence-corrected chi connectivity index (χ0v) is 24.4. The fourth-order valence-corrected chi connectivity index (χ4v) is 6.06. The van der Waals surface area contributed by atoms with Crippen LogP contribution in [0.15, 0.2) is 90.3 Å². The van der Waals surface area contributed by atoms with E-state index in [1.807, 2.05) is 84.4 Å². The van der Waals surface area contributed by atoms with E-state index in [0.717, 1.165) is 52.3 Å². The molecule has 212 valence electrons. The summed E-state index contributed by atoms with van der Waals surface area (Å²) in [5, 5.41) is 2.99. The Morgan fingerprint density at radius 2 is 1.95 bits per heavy atom. The molecule has 7 nitrogen and oxygen atoms in total. The van der Waals surface area contributed by atoms with Crippen LogP contribution < -0.4 is 10.1 Å². The van der Waals surface area contributed by atoms with Crippen molar-refractivity contribution < 1.29 is 14.3 Å². The number of hydrogen-bond acceptors (Lipinski definition) is 6. The van der Waals surface area contributed by atoms with Crippen LogP contribution in [0.25, 0.3) is 0 Å². The van der Waals surface area contributed by atoms with Gasteiger partial charge >= 0.3 is 0 Å². The Kier molecular flexibility index (Phi) is 9.54. The van der Waals surface area contributed by atoms with Gasteiger partial charge in [0.05, 0.1) is 12.9 Å². The SMILES string of the molecule is CN(C)CCNC(=O)c1cccc(SCc2c(O[C@H](Cn3ccnc3)c3ccccc3)ccc3c2CCCC3=O)c1. The van der Waals surface area contributed by atoms with E-state index in [-0.39, 0.29) is 17.8 Å². The number of carbonyl (C=O) groups excluding carboxylic acids is 2. The van der Waals surface area contributed by atoms with Gasteiger partial charge in [0.15, 0.2) is 5.78 Å². The van der Waals surface area contributed by atoms with Crippen molar-refractivity contribution in [2.45, 2.75) is 42.6 Å². The molecule has 0 fully saturated rings. The molecular weight excluding hydrogens is 532 g/mol. The standard InChI is InChI=1S/C33H36N4O3S/c1-36(2)18-17-35-33(39)25-10-6-11-26(20-25)41-22-29-27-12-7-13-30(38)28(27)14-15-31(29)40-32(21-37-19-16-34-23-37)24-8-4-3-5-9-24/h3-6,8-11,14-16,19-20,23,32H,7,12-13,17-18,21-22H2,1-2H3,(H,35,39)/t32-/m1/s1. The van der Waals surface area contributed by atoms with Gasteiger partial charge in [-0.15, -0.1) is 11.8 Å². The van der Waals surface area contributed by atoms with E-state index in [0.29, 0.717) is 30.8 Å². The molecular formula is C33H36N4O3S. The molecule has 41 heavy (non-hydrogen) atoms. The minimum absolute atomic E-state index is 0.0776. The molecule has 5 rings (SSSR count). The maximum absolute atomic E-state index is 12.8. The lowest BCUT2D eigenvalue weighted by molar-refractivity contribution is 0.0948. The number of nitrogens with one attached hydrogen (secondary N) is 1. The summed E-state index contributed by atoms with van der Waals surface area (Å²) in [6.07, 6.45) is 7.53. The molecule has 1 amide bonds. The predicted octanol–water partition coefficient (Wildman–Crippen LogP) is 5.81. The number of benzene rings is 3. The molecule has 1 N–H and O–H groups in total. The van der Waals surface area contributed by atoms with Crippen molar-refractivity contribution >= 4 is 23.5 Å². The summed E-state index contributed by atoms with van der Waals surface area (Å²) in [5.74, 6) is 1.53. The number of fused-ring (bicyclic) bond motifs is 1. The molecule has 0 bridgehead atoms. The number of amides is 1. The molecule has 1 aromatic heterocycles. The van der Waals surface area contributed by atoms with Crippen LogP contribution in [-0.4, -0.2) is 53.3 Å². The molecule has 0 saturated carbocycles. The van der Waals surface area contributed by atoms with Crippen LogP contribution in [0.2, 0.25) is 0 Å². The van der Waals surface area contributed by atoms with E-state index in [4.69, 9.17) is 4.74 Å². The first-order valence-electron chi connectivity index (χ1n) is 14.0. The van der Waals surface area contributed by atoms with Gasteiger partial charge in [-0.2, -0.15) is 0 Å². The highest BCUT2D eigenvalue weighted by Gasteiger charge is 2.25. The van der Waals surface area contributed by atoms with E-state index < -0.39 is 0 Å². The fourth-order valence-electron chi connectivity index (χ4n) is 5.04. The zero-order chi connectivity index (χ0) is 28.6. The smallest absolute Gasteiger partial charge is 0.251 e. The Morgan fingerprint density at radius 1 is 1.10 bits per heavy atom. The Labute approximate surface area is 245 Å². The number of carbonyl (C=O) groups is 2. The molecule has 4 aromatic rings. The first-order chi connectivity index (χ1) is 20.0. The molecule has 8 heteroatoms. The minimum Gasteiger partial charge on any atom is -0.484 e. The molecule has 0 spiro atoms. The lowest BCUT2D eigenvalue weighted by Gasteiger charge is -2.25. The van der Waals surface area contributed by atoms with E-state index in [2.05, 4.69) is 22.4 Å². The number of hydrogen-bond donors (Lipinski definition) is 1. The number of nitrogens with zero attached hydrogens (tertiary/aromatic N) is 3. The molecule has 0 saturated heterocycles. The monoisotopic (exact) mass is 568 g/mol. The van der Waals surface area contributed by atoms with E-state index >= 15 is 0 Å². The number of likely N-dealkylation sites (N-methyl/N-ethyl adjacent to an activating group) is 1. The normalized spacial score (nSPS) is 13.6. The van der Waals surface area contributed by atoms with Crippen LogP contribution >= 0.6 is 11.8 Å². The quantitative estimate of drug-likeness (QED) is 0.218. The molecule has 0 radical (unpaired) electrons. The van der Waals surface area contributed by atoms with Crippen LogP contribution in [0.1, 0.15) is 56.4 Å². The topological polar surface area (TPSA) is 76.5 Å². The minimum atomic E-state index is -0.235. The lowest BCUT2D eigenvalue weighted by atomic mass is 9.87. The average Bonchev–Trinajstić information content (AvgIpc) is 3.50.